The molecule has 0 saturated carbocycles. The van der Waals surface area contributed by atoms with E-state index in [9.17, 15) is 37.7 Å². The van der Waals surface area contributed by atoms with E-state index in [2.05, 4.69) is 0 Å². The summed E-state index contributed by atoms with van der Waals surface area (Å²) in [6.45, 7) is -1.43. The number of hydrogen-bond donors (Lipinski definition) is 0. The highest BCUT2D eigenvalue weighted by molar-refractivity contribution is 7.56. The quantitative estimate of drug-likeness (QED) is 0.201. The van der Waals surface area contributed by atoms with Crippen molar-refractivity contribution in [2.24, 2.45) is 0 Å². The molecule has 5 heterocycles. The molecule has 0 spiro atoms. The van der Waals surface area contributed by atoms with Crippen molar-refractivity contribution >= 4 is 53.6 Å². The molecule has 5 aliphatic rings. The molecule has 278 valence electrons. The molecular weight excluding hydrogens is 759 g/mol. The molecule has 0 N–H and O–H groups in total. The molecule has 0 radical (unpaired) electrons. The molecule has 22 nitrogen and oxygen atoms in total. The Labute approximate surface area is 293 Å². The van der Waals surface area contributed by atoms with Gasteiger partial charge in [-0.2, -0.15) is 4.67 Å². The number of rotatable bonds is 13. The van der Waals surface area contributed by atoms with Gasteiger partial charge < -0.3 is 41.8 Å². The molecule has 7 rings (SSSR count). The molecule has 0 aliphatic carbocycles. The molecule has 25 heteroatoms. The van der Waals surface area contributed by atoms with Crippen molar-refractivity contribution in [3.8, 4) is 23.0 Å². The van der Waals surface area contributed by atoms with Crippen molar-refractivity contribution in [2.75, 3.05) is 65.8 Å². The number of benzene rings is 2. The third-order valence-corrected chi connectivity index (χ3v) is 14.3. The molecule has 0 aromatic heterocycles. The Morgan fingerprint density at radius 2 is 0.692 bits per heavy atom. The lowest BCUT2D eigenvalue weighted by Crippen LogP contribution is -2.35. The van der Waals surface area contributed by atoms with Gasteiger partial charge in [0.1, 0.15) is 56.0 Å². The van der Waals surface area contributed by atoms with E-state index in [0.717, 1.165) is 30.8 Å². The van der Waals surface area contributed by atoms with E-state index in [4.69, 9.17) is 41.8 Å². The van der Waals surface area contributed by atoms with Crippen LogP contribution in [0.15, 0.2) is 48.5 Å². The Balaban J connectivity index is 1.16. The van der Waals surface area contributed by atoms with E-state index in [1.807, 2.05) is 0 Å². The normalized spacial score (nSPS) is 19.4. The number of hydrogen-bond acceptors (Lipinski definition) is 17. The Morgan fingerprint density at radius 1 is 0.423 bits per heavy atom. The number of nitrogens with zero attached hydrogens (tertiary/aromatic N) is 5. The summed E-state index contributed by atoms with van der Waals surface area (Å²) in [6.07, 6.45) is -4.97. The zero-order chi connectivity index (χ0) is 36.7. The Hall–Kier alpha value is -5.32. The second-order valence-corrected chi connectivity index (χ2v) is 17.0. The summed E-state index contributed by atoms with van der Waals surface area (Å²) in [5.41, 5.74) is 0. The SMILES string of the molecule is O=C1OCCN1P(=O)(Oc1cccc(OP(=O)(N2CCOC2=O)N2CCOC2=O)c1)Oc1cccc(OP(=O)(N2CCOC2=O)N2CCOC2=O)c1. The van der Waals surface area contributed by atoms with Gasteiger partial charge in [-0.3, -0.25) is 0 Å². The zero-order valence-electron chi connectivity index (χ0n) is 26.7. The monoisotopic (exact) mass is 787 g/mol. The lowest BCUT2D eigenvalue weighted by Gasteiger charge is -2.31. The first-order valence-electron chi connectivity index (χ1n) is 15.4. The molecule has 5 amide bonds. The van der Waals surface area contributed by atoms with Gasteiger partial charge in [-0.15, -0.1) is 0 Å². The van der Waals surface area contributed by atoms with Crippen LogP contribution in [0.1, 0.15) is 0 Å². The van der Waals surface area contributed by atoms with Crippen LogP contribution in [0.5, 0.6) is 23.0 Å². The van der Waals surface area contributed by atoms with Crippen molar-refractivity contribution in [2.45, 2.75) is 0 Å². The fraction of sp³-hybridized carbons (Fsp3) is 0.370. The first-order chi connectivity index (χ1) is 24.9. The van der Waals surface area contributed by atoms with Crippen molar-refractivity contribution in [3.05, 3.63) is 48.5 Å². The van der Waals surface area contributed by atoms with Crippen LogP contribution < -0.4 is 18.1 Å². The van der Waals surface area contributed by atoms with E-state index < -0.39 is 53.6 Å². The molecular formula is C27H28N5O17P3. The lowest BCUT2D eigenvalue weighted by molar-refractivity contribution is 0.159. The average Bonchev–Trinajstić information content (AvgIpc) is 3.94. The highest BCUT2D eigenvalue weighted by Crippen LogP contribution is 2.59. The first kappa shape index (κ1) is 35.1. The zero-order valence-corrected chi connectivity index (χ0v) is 29.4. The van der Waals surface area contributed by atoms with Crippen LogP contribution in [0.2, 0.25) is 0 Å². The van der Waals surface area contributed by atoms with Gasteiger partial charge in [0.2, 0.25) is 0 Å². The van der Waals surface area contributed by atoms with E-state index in [1.54, 1.807) is 0 Å². The van der Waals surface area contributed by atoms with E-state index >= 15 is 0 Å². The summed E-state index contributed by atoms with van der Waals surface area (Å²) in [5, 5.41) is 0. The van der Waals surface area contributed by atoms with Crippen LogP contribution >= 0.6 is 23.1 Å². The van der Waals surface area contributed by atoms with Crippen molar-refractivity contribution in [1.82, 2.24) is 23.4 Å². The molecule has 52 heavy (non-hydrogen) atoms. The highest BCUT2D eigenvalue weighted by atomic mass is 31.2. The summed E-state index contributed by atoms with van der Waals surface area (Å²) >= 11 is 0. The standard InChI is InChI=1S/C27H28N5O17P3/c33-23-28(7-12-41-23)50(38,29-8-13-42-24(29)34)46-19-3-1-5-21(17-19)48-52(40,32-11-16-45-27(32)37)49-22-6-2-4-20(18-22)47-51(39,30-9-14-43-25(30)35)31-10-15-44-26(31)36/h1-6,17-18H,7-16H2. The summed E-state index contributed by atoms with van der Waals surface area (Å²) in [5.74, 6) is -0.889. The summed E-state index contributed by atoms with van der Waals surface area (Å²) in [7, 11) is -13.7. The van der Waals surface area contributed by atoms with Gasteiger partial charge in [0.05, 0.1) is 32.7 Å². The van der Waals surface area contributed by atoms with E-state index in [0.29, 0.717) is 4.67 Å². The van der Waals surface area contributed by atoms with Crippen LogP contribution in [0.4, 0.5) is 24.0 Å². The molecule has 5 saturated heterocycles. The predicted molar refractivity (Wildman–Crippen MR) is 168 cm³/mol. The minimum atomic E-state index is -4.76. The largest absolute Gasteiger partial charge is 0.549 e. The minimum absolute atomic E-state index is 0.107. The summed E-state index contributed by atoms with van der Waals surface area (Å²) in [6, 6.07) is 10.2. The van der Waals surface area contributed by atoms with Crippen LogP contribution in [0.25, 0.3) is 0 Å². The van der Waals surface area contributed by atoms with Gasteiger partial charge in [-0.1, -0.05) is 12.1 Å². The summed E-state index contributed by atoms with van der Waals surface area (Å²) in [4.78, 5) is 62.3. The van der Waals surface area contributed by atoms with E-state index in [-0.39, 0.29) is 88.8 Å². The van der Waals surface area contributed by atoms with Crippen LogP contribution in [-0.4, -0.2) is 120 Å². The van der Waals surface area contributed by atoms with Gasteiger partial charge in [0, 0.05) is 12.1 Å². The maximum atomic E-state index is 14.5. The Kier molecular flexibility index (Phi) is 9.23. The fourth-order valence-electron chi connectivity index (χ4n) is 5.36. The molecule has 0 atom stereocenters. The molecule has 5 aliphatic heterocycles. The van der Waals surface area contributed by atoms with E-state index in [1.165, 1.54) is 36.4 Å². The topological polar surface area (TPSA) is 236 Å². The number of carbonyl (C=O) groups excluding carboxylic acids is 5. The number of amides is 5. The Bertz CT molecular complexity index is 1780. The van der Waals surface area contributed by atoms with Gasteiger partial charge in [0.25, 0.3) is 0 Å². The van der Waals surface area contributed by atoms with Gasteiger partial charge in [-0.05, 0) is 24.3 Å². The third kappa shape index (κ3) is 6.48. The maximum Gasteiger partial charge on any atom is 0.549 e. The van der Waals surface area contributed by atoms with Gasteiger partial charge >= 0.3 is 53.6 Å². The first-order valence-corrected chi connectivity index (χ1v) is 20.0. The van der Waals surface area contributed by atoms with Crippen LogP contribution in [0, 0.1) is 0 Å². The van der Waals surface area contributed by atoms with Crippen LogP contribution in [0.3, 0.4) is 0 Å². The molecule has 5 fully saturated rings. The third-order valence-electron chi connectivity index (χ3n) is 7.71. The van der Waals surface area contributed by atoms with Crippen molar-refractivity contribution in [3.63, 3.8) is 0 Å². The van der Waals surface area contributed by atoms with Gasteiger partial charge in [-0.25, -0.2) is 56.3 Å². The molecule has 0 bridgehead atoms. The van der Waals surface area contributed by atoms with Crippen molar-refractivity contribution in [1.29, 1.82) is 0 Å². The predicted octanol–water partition coefficient (Wildman–Crippen LogP) is 4.49. The van der Waals surface area contributed by atoms with Gasteiger partial charge in [0.15, 0.2) is 0 Å². The summed E-state index contributed by atoms with van der Waals surface area (Å²) < 4.78 is 94.3. The maximum absolute atomic E-state index is 14.5. The molecule has 2 aromatic rings. The minimum Gasteiger partial charge on any atom is -0.447 e. The smallest absolute Gasteiger partial charge is 0.447 e. The molecule has 0 unspecified atom stereocenters. The number of cyclic esters (lactones) is 5. The van der Waals surface area contributed by atoms with Crippen LogP contribution in [-0.2, 0) is 37.4 Å². The highest BCUT2D eigenvalue weighted by Gasteiger charge is 2.53. The lowest BCUT2D eigenvalue weighted by atomic mass is 10.3. The van der Waals surface area contributed by atoms with Crippen molar-refractivity contribution < 1.29 is 79.4 Å². The Morgan fingerprint density at radius 3 is 0.962 bits per heavy atom. The number of ether oxygens (including phenoxy) is 5. The average molecular weight is 787 g/mol. The second-order valence-electron chi connectivity index (χ2n) is 11.0. The molecule has 2 aromatic carbocycles. The fourth-order valence-corrected chi connectivity index (χ4v) is 11.0. The second kappa shape index (κ2) is 13.7. The number of carbonyl (C=O) groups is 5.